The number of carbonyl (C=O) groups is 2. The summed E-state index contributed by atoms with van der Waals surface area (Å²) in [5.74, 6) is -0.865. The molecular weight excluding hydrogens is 402 g/mol. The van der Waals surface area contributed by atoms with Crippen LogP contribution in [0.25, 0.3) is 0 Å². The summed E-state index contributed by atoms with van der Waals surface area (Å²) in [6, 6.07) is 10.4. The van der Waals surface area contributed by atoms with Crippen LogP contribution in [0, 0.1) is 6.92 Å². The number of phenols is 1. The van der Waals surface area contributed by atoms with E-state index in [-0.39, 0.29) is 17.9 Å². The lowest BCUT2D eigenvalue weighted by Crippen LogP contribution is -2.24. The third-order valence-electron chi connectivity index (χ3n) is 3.34. The molecule has 0 spiro atoms. The van der Waals surface area contributed by atoms with Gasteiger partial charge >= 0.3 is 0 Å². The van der Waals surface area contributed by atoms with Gasteiger partial charge in [-0.15, -0.1) is 0 Å². The van der Waals surface area contributed by atoms with Crippen molar-refractivity contribution in [1.82, 2.24) is 5.43 Å². The maximum absolute atomic E-state index is 11.8. The Labute approximate surface area is 159 Å². The number of phenolic OH excluding ortho intramolecular Hbond substituents is 1. The molecule has 2 aromatic carbocycles. The molecule has 136 valence electrons. The highest BCUT2D eigenvalue weighted by Crippen LogP contribution is 2.32. The van der Waals surface area contributed by atoms with Crippen LogP contribution in [-0.2, 0) is 9.59 Å². The molecule has 0 saturated heterocycles. The van der Waals surface area contributed by atoms with E-state index in [4.69, 9.17) is 4.74 Å². The zero-order valence-electron chi connectivity index (χ0n) is 14.2. The largest absolute Gasteiger partial charge is 0.504 e. The van der Waals surface area contributed by atoms with Crippen LogP contribution >= 0.6 is 15.9 Å². The number of ether oxygens (including phenoxy) is 1. The number of nitrogens with one attached hydrogen (secondary N) is 2. The lowest BCUT2D eigenvalue weighted by Gasteiger charge is -2.07. The van der Waals surface area contributed by atoms with Crippen LogP contribution in [-0.4, -0.2) is 30.2 Å². The molecule has 0 atom stereocenters. The zero-order valence-corrected chi connectivity index (χ0v) is 15.8. The monoisotopic (exact) mass is 419 g/mol. The molecule has 0 aliphatic rings. The molecular formula is C18H18BrN3O4. The lowest BCUT2D eigenvalue weighted by atomic mass is 10.2. The highest BCUT2D eigenvalue weighted by atomic mass is 79.9. The third kappa shape index (κ3) is 5.59. The summed E-state index contributed by atoms with van der Waals surface area (Å²) >= 11 is 3.28. The molecule has 2 rings (SSSR count). The zero-order chi connectivity index (χ0) is 19.1. The van der Waals surface area contributed by atoms with E-state index in [1.54, 1.807) is 24.3 Å². The highest BCUT2D eigenvalue weighted by molar-refractivity contribution is 9.10. The average Bonchev–Trinajstić information content (AvgIpc) is 2.59. The second-order valence-electron chi connectivity index (χ2n) is 5.43. The summed E-state index contributed by atoms with van der Waals surface area (Å²) in [6.07, 6.45) is 0.886. The molecule has 2 amide bonds. The van der Waals surface area contributed by atoms with Crippen molar-refractivity contribution in [2.45, 2.75) is 13.3 Å². The Morgan fingerprint density at radius 3 is 2.58 bits per heavy atom. The van der Waals surface area contributed by atoms with Gasteiger partial charge in [-0.3, -0.25) is 9.59 Å². The normalized spacial score (nSPS) is 10.6. The van der Waals surface area contributed by atoms with E-state index in [1.807, 2.05) is 19.1 Å². The molecule has 0 radical (unpaired) electrons. The number of anilines is 1. The van der Waals surface area contributed by atoms with Crippen molar-refractivity contribution in [2.24, 2.45) is 5.10 Å². The van der Waals surface area contributed by atoms with Crippen molar-refractivity contribution in [3.63, 3.8) is 0 Å². The molecule has 0 saturated carbocycles. The van der Waals surface area contributed by atoms with Crippen LogP contribution in [0.1, 0.15) is 17.5 Å². The van der Waals surface area contributed by atoms with Crippen LogP contribution in [0.3, 0.4) is 0 Å². The van der Waals surface area contributed by atoms with E-state index in [1.165, 1.54) is 13.3 Å². The Hall–Kier alpha value is -2.87. The number of aryl methyl sites for hydroxylation is 1. The maximum atomic E-state index is 11.8. The summed E-state index contributed by atoms with van der Waals surface area (Å²) in [7, 11) is 1.43. The highest BCUT2D eigenvalue weighted by Gasteiger charge is 2.10. The van der Waals surface area contributed by atoms with Gasteiger partial charge in [0.1, 0.15) is 6.42 Å². The van der Waals surface area contributed by atoms with E-state index in [0.29, 0.717) is 15.7 Å². The Morgan fingerprint density at radius 1 is 1.23 bits per heavy atom. The fraction of sp³-hybridized carbons (Fsp3) is 0.167. The number of rotatable bonds is 6. The quantitative estimate of drug-likeness (QED) is 0.380. The van der Waals surface area contributed by atoms with Gasteiger partial charge in [-0.1, -0.05) is 33.6 Å². The smallest absolute Gasteiger partial charge is 0.249 e. The molecule has 7 nitrogen and oxygen atoms in total. The molecule has 26 heavy (non-hydrogen) atoms. The Balaban J connectivity index is 1.90. The van der Waals surface area contributed by atoms with Crippen molar-refractivity contribution in [3.8, 4) is 11.5 Å². The van der Waals surface area contributed by atoms with E-state index in [2.05, 4.69) is 31.8 Å². The summed E-state index contributed by atoms with van der Waals surface area (Å²) in [4.78, 5) is 23.6. The minimum atomic E-state index is -0.577. The molecule has 2 aromatic rings. The predicted molar refractivity (Wildman–Crippen MR) is 103 cm³/mol. The van der Waals surface area contributed by atoms with Gasteiger partial charge in [-0.25, -0.2) is 5.43 Å². The third-order valence-corrected chi connectivity index (χ3v) is 3.80. The number of amides is 2. The standard InChI is InChI=1S/C18H18BrN3O4/c1-11-3-5-14(6-4-11)21-16(23)9-17(24)22-20-10-12-7-13(19)8-15(26-2)18(12)25/h3-8,10,25H,9H2,1-2H3,(H,21,23)(H,22,24)/b20-10+. The number of benzene rings is 2. The van der Waals surface area contributed by atoms with E-state index in [9.17, 15) is 14.7 Å². The van der Waals surface area contributed by atoms with Gasteiger partial charge in [0, 0.05) is 15.7 Å². The molecule has 0 aliphatic carbocycles. The van der Waals surface area contributed by atoms with E-state index >= 15 is 0 Å². The summed E-state index contributed by atoms with van der Waals surface area (Å²) in [5.41, 5.74) is 4.28. The summed E-state index contributed by atoms with van der Waals surface area (Å²) in [5, 5.41) is 16.4. The van der Waals surface area contributed by atoms with Crippen molar-refractivity contribution in [3.05, 3.63) is 52.0 Å². The topological polar surface area (TPSA) is 100 Å². The second kappa shape index (κ2) is 9.00. The molecule has 0 unspecified atom stereocenters. The van der Waals surface area contributed by atoms with Crippen molar-refractivity contribution < 1.29 is 19.4 Å². The number of nitrogens with zero attached hydrogens (tertiary/aromatic N) is 1. The number of halogens is 1. The van der Waals surface area contributed by atoms with Gasteiger partial charge in [0.2, 0.25) is 11.8 Å². The maximum Gasteiger partial charge on any atom is 0.249 e. The number of carbonyl (C=O) groups excluding carboxylic acids is 2. The van der Waals surface area contributed by atoms with Gasteiger partial charge < -0.3 is 15.2 Å². The number of hydrazone groups is 1. The lowest BCUT2D eigenvalue weighted by molar-refractivity contribution is -0.126. The predicted octanol–water partition coefficient (Wildman–Crippen LogP) is 2.95. The van der Waals surface area contributed by atoms with Crippen LogP contribution in [0.15, 0.2) is 46.0 Å². The van der Waals surface area contributed by atoms with Gasteiger partial charge in [0.15, 0.2) is 11.5 Å². The first-order valence-electron chi connectivity index (χ1n) is 7.64. The summed E-state index contributed by atoms with van der Waals surface area (Å²) in [6.45, 7) is 1.94. The first-order chi connectivity index (χ1) is 12.4. The van der Waals surface area contributed by atoms with Gasteiger partial charge in [0.25, 0.3) is 0 Å². The summed E-state index contributed by atoms with van der Waals surface area (Å²) < 4.78 is 5.71. The minimum Gasteiger partial charge on any atom is -0.504 e. The Morgan fingerprint density at radius 2 is 1.92 bits per heavy atom. The van der Waals surface area contributed by atoms with Gasteiger partial charge in [-0.2, -0.15) is 5.10 Å². The first-order valence-corrected chi connectivity index (χ1v) is 8.43. The Kier molecular flexibility index (Phi) is 6.74. The van der Waals surface area contributed by atoms with Crippen molar-refractivity contribution in [1.29, 1.82) is 0 Å². The molecule has 8 heteroatoms. The number of hydrogen-bond donors (Lipinski definition) is 3. The number of methoxy groups -OCH3 is 1. The molecule has 0 aliphatic heterocycles. The SMILES string of the molecule is COc1cc(Br)cc(/C=N/NC(=O)CC(=O)Nc2ccc(C)cc2)c1O. The van der Waals surface area contributed by atoms with Crippen LogP contribution < -0.4 is 15.5 Å². The number of aromatic hydroxyl groups is 1. The first kappa shape index (κ1) is 19.5. The number of hydrogen-bond acceptors (Lipinski definition) is 5. The van der Waals surface area contributed by atoms with Crippen LogP contribution in [0.2, 0.25) is 0 Å². The van der Waals surface area contributed by atoms with Crippen molar-refractivity contribution in [2.75, 3.05) is 12.4 Å². The molecule has 0 fully saturated rings. The van der Waals surface area contributed by atoms with Crippen LogP contribution in [0.4, 0.5) is 5.69 Å². The van der Waals surface area contributed by atoms with E-state index < -0.39 is 11.8 Å². The molecule has 0 heterocycles. The van der Waals surface area contributed by atoms with Crippen LogP contribution in [0.5, 0.6) is 11.5 Å². The second-order valence-corrected chi connectivity index (χ2v) is 6.35. The van der Waals surface area contributed by atoms with Gasteiger partial charge in [-0.05, 0) is 31.2 Å². The Bertz CT molecular complexity index is 835. The molecule has 0 bridgehead atoms. The minimum absolute atomic E-state index is 0.106. The van der Waals surface area contributed by atoms with Gasteiger partial charge in [0.05, 0.1) is 13.3 Å². The average molecular weight is 420 g/mol. The van der Waals surface area contributed by atoms with E-state index in [0.717, 1.165) is 5.56 Å². The van der Waals surface area contributed by atoms with Crippen molar-refractivity contribution >= 4 is 39.6 Å². The fourth-order valence-electron chi connectivity index (χ4n) is 2.05. The fourth-order valence-corrected chi connectivity index (χ4v) is 2.50. The molecule has 3 N–H and O–H groups in total. The molecule has 0 aromatic heterocycles.